The lowest BCUT2D eigenvalue weighted by molar-refractivity contribution is -0.383. The fourth-order valence-corrected chi connectivity index (χ4v) is 2.97. The molecule has 0 spiro atoms. The van der Waals surface area contributed by atoms with Crippen molar-refractivity contribution in [2.45, 2.75) is 18.8 Å². The van der Waals surface area contributed by atoms with E-state index in [-0.39, 0.29) is 17.9 Å². The predicted molar refractivity (Wildman–Crippen MR) is 99.4 cm³/mol. The molecule has 0 radical (unpaired) electrons. The molecular weight excluding hydrogens is 405 g/mol. The summed E-state index contributed by atoms with van der Waals surface area (Å²) in [7, 11) is 0. The third kappa shape index (κ3) is 4.08. The molecule has 8 nitrogen and oxygen atoms in total. The SMILES string of the molecule is N#Cc1ccc(NC(=O)[C@@H](O)Cn2ccc3c([N+](=O)[O-])cccc32)cc1C(F)(F)F. The minimum absolute atomic E-state index is 0.137. The molecule has 154 valence electrons. The number of aromatic nitrogens is 1. The Labute approximate surface area is 166 Å². The van der Waals surface area contributed by atoms with Gasteiger partial charge in [0.25, 0.3) is 11.6 Å². The minimum Gasteiger partial charge on any atom is -0.381 e. The molecule has 11 heteroatoms. The number of benzene rings is 2. The smallest absolute Gasteiger partial charge is 0.381 e. The van der Waals surface area contributed by atoms with E-state index in [1.165, 1.54) is 35.0 Å². The third-order valence-electron chi connectivity index (χ3n) is 4.37. The van der Waals surface area contributed by atoms with Crippen molar-refractivity contribution < 1.29 is 28.0 Å². The lowest BCUT2D eigenvalue weighted by Crippen LogP contribution is -2.31. The summed E-state index contributed by atoms with van der Waals surface area (Å²) in [4.78, 5) is 22.8. The second-order valence-electron chi connectivity index (χ2n) is 6.31. The molecule has 2 aromatic carbocycles. The summed E-state index contributed by atoms with van der Waals surface area (Å²) >= 11 is 0. The number of anilines is 1. The summed E-state index contributed by atoms with van der Waals surface area (Å²) in [6, 6.07) is 9.89. The number of halogens is 3. The van der Waals surface area contributed by atoms with E-state index in [1.807, 2.05) is 0 Å². The van der Waals surface area contributed by atoms with Crippen LogP contribution < -0.4 is 5.32 Å². The molecule has 3 rings (SSSR count). The highest BCUT2D eigenvalue weighted by atomic mass is 19.4. The van der Waals surface area contributed by atoms with Gasteiger partial charge >= 0.3 is 6.18 Å². The Hall–Kier alpha value is -3.91. The Bertz CT molecular complexity index is 1180. The number of nitrogens with one attached hydrogen (secondary N) is 1. The number of nitriles is 1. The van der Waals surface area contributed by atoms with E-state index in [0.717, 1.165) is 12.1 Å². The number of aliphatic hydroxyl groups excluding tert-OH is 1. The van der Waals surface area contributed by atoms with Crippen molar-refractivity contribution >= 4 is 28.2 Å². The van der Waals surface area contributed by atoms with E-state index in [4.69, 9.17) is 5.26 Å². The zero-order valence-corrected chi connectivity index (χ0v) is 15.1. The largest absolute Gasteiger partial charge is 0.417 e. The number of fused-ring (bicyclic) bond motifs is 1. The number of nitro groups is 1. The Morgan fingerprint density at radius 2 is 2.03 bits per heavy atom. The molecule has 0 saturated heterocycles. The Balaban J connectivity index is 1.79. The zero-order valence-electron chi connectivity index (χ0n) is 15.1. The molecule has 0 saturated carbocycles. The van der Waals surface area contributed by atoms with Gasteiger partial charge in [-0.1, -0.05) is 6.07 Å². The fraction of sp³-hybridized carbons (Fsp3) is 0.158. The highest BCUT2D eigenvalue weighted by Crippen LogP contribution is 2.33. The Kier molecular flexibility index (Phi) is 5.44. The molecule has 0 aliphatic rings. The van der Waals surface area contributed by atoms with Crippen molar-refractivity contribution in [2.75, 3.05) is 5.32 Å². The van der Waals surface area contributed by atoms with Crippen LogP contribution in [0, 0.1) is 21.4 Å². The van der Waals surface area contributed by atoms with Crippen molar-refractivity contribution in [3.63, 3.8) is 0 Å². The first-order valence-corrected chi connectivity index (χ1v) is 8.44. The number of non-ortho nitro benzene ring substituents is 1. The van der Waals surface area contributed by atoms with E-state index in [2.05, 4.69) is 5.32 Å². The average molecular weight is 418 g/mol. The number of nitro benzene ring substituents is 1. The summed E-state index contributed by atoms with van der Waals surface area (Å²) in [6.07, 6.45) is -4.98. The van der Waals surface area contributed by atoms with Crippen LogP contribution >= 0.6 is 0 Å². The van der Waals surface area contributed by atoms with Gasteiger partial charge in [-0.05, 0) is 30.3 Å². The first-order valence-electron chi connectivity index (χ1n) is 8.44. The number of rotatable bonds is 5. The van der Waals surface area contributed by atoms with Crippen molar-refractivity contribution in [1.82, 2.24) is 4.57 Å². The van der Waals surface area contributed by atoms with Crippen LogP contribution in [0.1, 0.15) is 11.1 Å². The second kappa shape index (κ2) is 7.84. The molecule has 1 heterocycles. The van der Waals surface area contributed by atoms with Crippen molar-refractivity contribution in [1.29, 1.82) is 5.26 Å². The molecule has 1 atom stereocenters. The highest BCUT2D eigenvalue weighted by molar-refractivity contribution is 5.94. The van der Waals surface area contributed by atoms with Crippen molar-refractivity contribution in [2.24, 2.45) is 0 Å². The average Bonchev–Trinajstić information content (AvgIpc) is 3.10. The van der Waals surface area contributed by atoms with Gasteiger partial charge in [0, 0.05) is 18.0 Å². The van der Waals surface area contributed by atoms with Gasteiger partial charge in [0.2, 0.25) is 0 Å². The van der Waals surface area contributed by atoms with E-state index in [0.29, 0.717) is 17.0 Å². The molecule has 0 aliphatic carbocycles. The molecule has 0 unspecified atom stereocenters. The summed E-state index contributed by atoms with van der Waals surface area (Å²) in [5.41, 5.74) is -1.77. The van der Waals surface area contributed by atoms with Crippen molar-refractivity contribution in [3.05, 3.63) is 69.9 Å². The molecular formula is C19H13F3N4O4. The Morgan fingerprint density at radius 3 is 2.67 bits per heavy atom. The first kappa shape index (κ1) is 20.8. The molecule has 2 N–H and O–H groups in total. The van der Waals surface area contributed by atoms with Gasteiger partial charge in [-0.15, -0.1) is 0 Å². The maximum Gasteiger partial charge on any atom is 0.417 e. The topological polar surface area (TPSA) is 121 Å². The molecule has 0 aliphatic heterocycles. The molecule has 0 fully saturated rings. The van der Waals surface area contributed by atoms with Crippen LogP contribution in [0.4, 0.5) is 24.5 Å². The number of hydrogen-bond acceptors (Lipinski definition) is 5. The number of carbonyl (C=O) groups is 1. The van der Waals surface area contributed by atoms with Crippen LogP contribution in [0.15, 0.2) is 48.7 Å². The van der Waals surface area contributed by atoms with Crippen molar-refractivity contribution in [3.8, 4) is 6.07 Å². The lowest BCUT2D eigenvalue weighted by Gasteiger charge is -2.15. The maximum atomic E-state index is 13.0. The first-order chi connectivity index (χ1) is 14.1. The van der Waals surface area contributed by atoms with E-state index in [9.17, 15) is 33.2 Å². The zero-order chi connectivity index (χ0) is 22.1. The van der Waals surface area contributed by atoms with Gasteiger partial charge < -0.3 is 15.0 Å². The molecule has 1 amide bonds. The lowest BCUT2D eigenvalue weighted by atomic mass is 10.1. The fourth-order valence-electron chi connectivity index (χ4n) is 2.97. The highest BCUT2D eigenvalue weighted by Gasteiger charge is 2.34. The number of amides is 1. The van der Waals surface area contributed by atoms with Crippen LogP contribution in [0.3, 0.4) is 0 Å². The van der Waals surface area contributed by atoms with E-state index >= 15 is 0 Å². The molecule has 1 aromatic heterocycles. The van der Waals surface area contributed by atoms with Gasteiger partial charge in [0.1, 0.15) is 0 Å². The predicted octanol–water partition coefficient (Wildman–Crippen LogP) is 3.44. The molecule has 30 heavy (non-hydrogen) atoms. The standard InChI is InChI=1S/C19H13F3N4O4/c20-19(21,22)14-8-12(5-4-11(14)9-23)24-18(28)17(27)10-25-7-6-13-15(25)2-1-3-16(13)26(29)30/h1-8,17,27H,10H2,(H,24,28)/t17-/m0/s1. The maximum absolute atomic E-state index is 13.0. The van der Waals surface area contributed by atoms with Crippen LogP contribution in [-0.2, 0) is 17.5 Å². The molecule has 0 bridgehead atoms. The summed E-state index contributed by atoms with van der Waals surface area (Å²) in [5, 5.41) is 32.6. The van der Waals surface area contributed by atoms with Gasteiger partial charge in [0.15, 0.2) is 6.10 Å². The van der Waals surface area contributed by atoms with E-state index < -0.39 is 34.2 Å². The quantitative estimate of drug-likeness (QED) is 0.486. The Morgan fingerprint density at radius 1 is 1.30 bits per heavy atom. The summed E-state index contributed by atoms with van der Waals surface area (Å²) in [5.74, 6) is -0.972. The third-order valence-corrected chi connectivity index (χ3v) is 4.37. The van der Waals surface area contributed by atoms with Crippen LogP contribution in [0.5, 0.6) is 0 Å². The summed E-state index contributed by atoms with van der Waals surface area (Å²) in [6.45, 7) is -0.279. The molecule has 3 aromatic rings. The van der Waals surface area contributed by atoms with Gasteiger partial charge in [-0.3, -0.25) is 14.9 Å². The summed E-state index contributed by atoms with van der Waals surface area (Å²) < 4.78 is 40.5. The van der Waals surface area contributed by atoms with E-state index in [1.54, 1.807) is 6.07 Å². The van der Waals surface area contributed by atoms with Crippen LogP contribution in [0.2, 0.25) is 0 Å². The second-order valence-corrected chi connectivity index (χ2v) is 6.31. The number of alkyl halides is 3. The van der Waals surface area contributed by atoms with Gasteiger partial charge in [-0.2, -0.15) is 18.4 Å². The van der Waals surface area contributed by atoms with Crippen LogP contribution in [0.25, 0.3) is 10.9 Å². The number of nitrogens with zero attached hydrogens (tertiary/aromatic N) is 3. The number of aliphatic hydroxyl groups is 1. The van der Waals surface area contributed by atoms with Gasteiger partial charge in [0.05, 0.1) is 39.6 Å². The van der Waals surface area contributed by atoms with Crippen LogP contribution in [-0.4, -0.2) is 26.6 Å². The normalized spacial score (nSPS) is 12.4. The number of hydrogen-bond donors (Lipinski definition) is 2. The monoisotopic (exact) mass is 418 g/mol. The van der Waals surface area contributed by atoms with Gasteiger partial charge in [-0.25, -0.2) is 0 Å². The number of carbonyl (C=O) groups excluding carboxylic acids is 1. The minimum atomic E-state index is -4.79.